The number of carbonyl (C=O) groups excluding carboxylic acids is 1. The van der Waals surface area contributed by atoms with Crippen LogP contribution in [0.4, 0.5) is 0 Å². The first kappa shape index (κ1) is 10.1. The minimum absolute atomic E-state index is 0.0117. The Hall–Kier alpha value is -1.42. The zero-order valence-electron chi connectivity index (χ0n) is 8.63. The standard InChI is InChI=1S/C11H14N2O2/c1-8(9-2-4-12-5-3-9)13-7-10(14)6-11(13)15/h2-5,8,10,14H,6-7H2,1H3. The maximum atomic E-state index is 11.5. The highest BCUT2D eigenvalue weighted by atomic mass is 16.3. The highest BCUT2D eigenvalue weighted by Crippen LogP contribution is 2.24. The van der Waals surface area contributed by atoms with Crippen molar-refractivity contribution in [3.63, 3.8) is 0 Å². The Morgan fingerprint density at radius 2 is 2.20 bits per heavy atom. The summed E-state index contributed by atoms with van der Waals surface area (Å²) in [4.78, 5) is 17.2. The second kappa shape index (κ2) is 3.98. The molecule has 1 fully saturated rings. The molecular formula is C11H14N2O2. The Bertz CT molecular complexity index is 353. The summed E-state index contributed by atoms with van der Waals surface area (Å²) >= 11 is 0. The molecule has 2 heterocycles. The zero-order valence-corrected chi connectivity index (χ0v) is 8.63. The number of nitrogens with zero attached hydrogens (tertiary/aromatic N) is 2. The van der Waals surface area contributed by atoms with Crippen molar-refractivity contribution in [1.82, 2.24) is 9.88 Å². The molecule has 15 heavy (non-hydrogen) atoms. The van der Waals surface area contributed by atoms with E-state index in [2.05, 4.69) is 4.98 Å². The summed E-state index contributed by atoms with van der Waals surface area (Å²) in [5.74, 6) is 0.0202. The second-order valence-electron chi connectivity index (χ2n) is 3.86. The predicted octanol–water partition coefficient (Wildman–Crippen LogP) is 0.736. The van der Waals surface area contributed by atoms with Crippen molar-refractivity contribution in [3.05, 3.63) is 30.1 Å². The lowest BCUT2D eigenvalue weighted by Crippen LogP contribution is -2.29. The molecule has 0 spiro atoms. The summed E-state index contributed by atoms with van der Waals surface area (Å²) in [5.41, 5.74) is 1.05. The van der Waals surface area contributed by atoms with Crippen molar-refractivity contribution in [2.75, 3.05) is 6.54 Å². The third kappa shape index (κ3) is 1.99. The van der Waals surface area contributed by atoms with Gasteiger partial charge in [0.2, 0.25) is 5.91 Å². The number of hydrogen-bond donors (Lipinski definition) is 1. The fourth-order valence-corrected chi connectivity index (χ4v) is 1.91. The van der Waals surface area contributed by atoms with Gasteiger partial charge in [-0.05, 0) is 24.6 Å². The van der Waals surface area contributed by atoms with Crippen LogP contribution in [-0.2, 0) is 4.79 Å². The molecule has 1 aliphatic rings. The summed E-state index contributed by atoms with van der Waals surface area (Å²) in [6.45, 7) is 2.40. The van der Waals surface area contributed by atoms with E-state index in [4.69, 9.17) is 0 Å². The lowest BCUT2D eigenvalue weighted by molar-refractivity contribution is -0.129. The SMILES string of the molecule is CC(c1ccncc1)N1CC(O)CC1=O. The lowest BCUT2D eigenvalue weighted by Gasteiger charge is -2.24. The van der Waals surface area contributed by atoms with Gasteiger partial charge in [0, 0.05) is 18.9 Å². The molecule has 1 amide bonds. The van der Waals surface area contributed by atoms with Gasteiger partial charge in [-0.3, -0.25) is 9.78 Å². The number of likely N-dealkylation sites (tertiary alicyclic amines) is 1. The highest BCUT2D eigenvalue weighted by molar-refractivity contribution is 5.79. The minimum Gasteiger partial charge on any atom is -0.391 e. The third-order valence-electron chi connectivity index (χ3n) is 2.79. The van der Waals surface area contributed by atoms with Gasteiger partial charge in [0.25, 0.3) is 0 Å². The van der Waals surface area contributed by atoms with Crippen LogP contribution in [0.3, 0.4) is 0 Å². The van der Waals surface area contributed by atoms with Gasteiger partial charge in [0.15, 0.2) is 0 Å². The van der Waals surface area contributed by atoms with E-state index >= 15 is 0 Å². The molecule has 0 aromatic carbocycles. The first-order chi connectivity index (χ1) is 7.18. The molecule has 0 radical (unpaired) electrons. The van der Waals surface area contributed by atoms with E-state index < -0.39 is 6.10 Å². The summed E-state index contributed by atoms with van der Waals surface area (Å²) in [5, 5.41) is 9.39. The first-order valence-corrected chi connectivity index (χ1v) is 5.06. The summed E-state index contributed by atoms with van der Waals surface area (Å²) < 4.78 is 0. The van der Waals surface area contributed by atoms with E-state index in [9.17, 15) is 9.90 Å². The van der Waals surface area contributed by atoms with E-state index in [1.807, 2.05) is 19.1 Å². The van der Waals surface area contributed by atoms with Crippen LogP contribution in [0.1, 0.15) is 24.9 Å². The smallest absolute Gasteiger partial charge is 0.225 e. The van der Waals surface area contributed by atoms with Gasteiger partial charge in [-0.1, -0.05) is 0 Å². The van der Waals surface area contributed by atoms with Gasteiger partial charge in [0.1, 0.15) is 0 Å². The van der Waals surface area contributed by atoms with Gasteiger partial charge in [-0.15, -0.1) is 0 Å². The molecule has 1 aromatic rings. The van der Waals surface area contributed by atoms with Gasteiger partial charge in [-0.2, -0.15) is 0 Å². The van der Waals surface area contributed by atoms with Crippen LogP contribution in [0.2, 0.25) is 0 Å². The second-order valence-corrected chi connectivity index (χ2v) is 3.86. The fourth-order valence-electron chi connectivity index (χ4n) is 1.91. The van der Waals surface area contributed by atoms with Crippen molar-refractivity contribution in [2.45, 2.75) is 25.5 Å². The van der Waals surface area contributed by atoms with Crippen molar-refractivity contribution >= 4 is 5.91 Å². The van der Waals surface area contributed by atoms with Crippen molar-refractivity contribution in [1.29, 1.82) is 0 Å². The van der Waals surface area contributed by atoms with Crippen LogP contribution < -0.4 is 0 Å². The summed E-state index contributed by atoms with van der Waals surface area (Å²) in [6.07, 6.45) is 3.16. The molecular weight excluding hydrogens is 192 g/mol. The Morgan fingerprint density at radius 3 is 2.73 bits per heavy atom. The Balaban J connectivity index is 2.15. The quantitative estimate of drug-likeness (QED) is 0.776. The molecule has 0 aliphatic carbocycles. The number of hydrogen-bond acceptors (Lipinski definition) is 3. The van der Waals surface area contributed by atoms with Crippen molar-refractivity contribution in [2.24, 2.45) is 0 Å². The van der Waals surface area contributed by atoms with Gasteiger partial charge >= 0.3 is 0 Å². The number of amides is 1. The third-order valence-corrected chi connectivity index (χ3v) is 2.79. The molecule has 2 atom stereocenters. The summed E-state index contributed by atoms with van der Waals surface area (Å²) in [6, 6.07) is 3.79. The molecule has 1 aliphatic heterocycles. The fraction of sp³-hybridized carbons (Fsp3) is 0.455. The molecule has 80 valence electrons. The molecule has 4 heteroatoms. The van der Waals surface area contributed by atoms with Crippen molar-refractivity contribution in [3.8, 4) is 0 Å². The van der Waals surface area contributed by atoms with Crippen molar-refractivity contribution < 1.29 is 9.90 Å². The lowest BCUT2D eigenvalue weighted by atomic mass is 10.1. The molecule has 1 aromatic heterocycles. The number of aliphatic hydroxyl groups excluding tert-OH is 1. The normalized spacial score (nSPS) is 23.2. The zero-order chi connectivity index (χ0) is 10.8. The minimum atomic E-state index is -0.512. The average molecular weight is 206 g/mol. The number of rotatable bonds is 2. The maximum Gasteiger partial charge on any atom is 0.225 e. The monoisotopic (exact) mass is 206 g/mol. The molecule has 2 rings (SSSR count). The van der Waals surface area contributed by atoms with Crippen LogP contribution in [0.15, 0.2) is 24.5 Å². The number of carbonyl (C=O) groups is 1. The van der Waals surface area contributed by atoms with Crippen LogP contribution in [-0.4, -0.2) is 33.5 Å². The highest BCUT2D eigenvalue weighted by Gasteiger charge is 2.31. The van der Waals surface area contributed by atoms with Gasteiger partial charge in [0.05, 0.1) is 18.6 Å². The average Bonchev–Trinajstić information content (AvgIpc) is 2.58. The number of β-amino-alcohol motifs (C(OH)–C–C–N with tert-alkyl or cyclic N) is 1. The van der Waals surface area contributed by atoms with E-state index in [1.54, 1.807) is 17.3 Å². The van der Waals surface area contributed by atoms with Crippen LogP contribution in [0.5, 0.6) is 0 Å². The Morgan fingerprint density at radius 1 is 1.53 bits per heavy atom. The van der Waals surface area contributed by atoms with Gasteiger partial charge in [-0.25, -0.2) is 0 Å². The Labute approximate surface area is 88.6 Å². The van der Waals surface area contributed by atoms with E-state index in [0.29, 0.717) is 6.54 Å². The van der Waals surface area contributed by atoms with E-state index in [0.717, 1.165) is 5.56 Å². The number of aromatic nitrogens is 1. The number of aliphatic hydroxyl groups is 1. The molecule has 0 saturated carbocycles. The van der Waals surface area contributed by atoms with E-state index in [-0.39, 0.29) is 18.4 Å². The number of pyridine rings is 1. The van der Waals surface area contributed by atoms with Gasteiger partial charge < -0.3 is 10.0 Å². The molecule has 1 N–H and O–H groups in total. The van der Waals surface area contributed by atoms with Crippen LogP contribution in [0, 0.1) is 0 Å². The molecule has 2 unspecified atom stereocenters. The molecule has 0 bridgehead atoms. The van der Waals surface area contributed by atoms with Crippen LogP contribution >= 0.6 is 0 Å². The largest absolute Gasteiger partial charge is 0.391 e. The molecule has 4 nitrogen and oxygen atoms in total. The topological polar surface area (TPSA) is 53.4 Å². The first-order valence-electron chi connectivity index (χ1n) is 5.06. The van der Waals surface area contributed by atoms with E-state index in [1.165, 1.54) is 0 Å². The Kier molecular flexibility index (Phi) is 2.68. The maximum absolute atomic E-state index is 11.5. The predicted molar refractivity (Wildman–Crippen MR) is 55.0 cm³/mol. The summed E-state index contributed by atoms with van der Waals surface area (Å²) in [7, 11) is 0. The molecule has 1 saturated heterocycles. The van der Waals surface area contributed by atoms with Crippen LogP contribution in [0.25, 0.3) is 0 Å².